The first kappa shape index (κ1) is 14.2. The number of carboxylic acid groups (broad SMARTS) is 1. The number of aromatic carboxylic acids is 1. The number of aromatic nitrogens is 2. The Morgan fingerprint density at radius 1 is 1.09 bits per heavy atom. The van der Waals surface area contributed by atoms with Crippen LogP contribution in [0, 0.1) is 0 Å². The predicted octanol–water partition coefficient (Wildman–Crippen LogP) is 4.17. The molecule has 0 aliphatic heterocycles. The van der Waals surface area contributed by atoms with E-state index in [0.717, 1.165) is 5.56 Å². The Morgan fingerprint density at radius 3 is 2.41 bits per heavy atom. The van der Waals surface area contributed by atoms with Crippen LogP contribution in [0.25, 0.3) is 11.3 Å². The average Bonchev–Trinajstić information content (AvgIpc) is 2.94. The molecule has 1 heterocycles. The van der Waals surface area contributed by atoms with Crippen molar-refractivity contribution in [3.05, 3.63) is 65.2 Å². The molecule has 3 rings (SSSR count). The SMILES string of the molecule is O=C(O)c1c(Nc2ccc(Cl)cc2)n[nH]c1-c1ccccc1. The third-order valence-corrected chi connectivity index (χ3v) is 3.40. The number of anilines is 2. The molecule has 1 aromatic heterocycles. The van der Waals surface area contributed by atoms with Gasteiger partial charge in [0.05, 0.1) is 5.69 Å². The summed E-state index contributed by atoms with van der Waals surface area (Å²) >= 11 is 5.84. The molecule has 6 heteroatoms. The molecule has 0 spiro atoms. The van der Waals surface area contributed by atoms with Crippen LogP contribution < -0.4 is 5.32 Å². The van der Waals surface area contributed by atoms with Crippen molar-refractivity contribution < 1.29 is 9.90 Å². The van der Waals surface area contributed by atoms with E-state index in [1.807, 2.05) is 30.3 Å². The summed E-state index contributed by atoms with van der Waals surface area (Å²) in [4.78, 5) is 11.6. The Bertz CT molecular complexity index is 798. The Balaban J connectivity index is 2.00. The molecule has 5 nitrogen and oxygen atoms in total. The van der Waals surface area contributed by atoms with Gasteiger partial charge in [0.25, 0.3) is 0 Å². The van der Waals surface area contributed by atoms with Gasteiger partial charge in [0, 0.05) is 16.3 Å². The van der Waals surface area contributed by atoms with E-state index in [4.69, 9.17) is 11.6 Å². The molecule has 0 bridgehead atoms. The Kier molecular flexibility index (Phi) is 3.80. The molecule has 0 aliphatic carbocycles. The number of aromatic amines is 1. The minimum absolute atomic E-state index is 0.0983. The average molecular weight is 314 g/mol. The molecule has 3 N–H and O–H groups in total. The molecule has 0 aliphatic rings. The molecule has 0 atom stereocenters. The number of carboxylic acids is 1. The fourth-order valence-corrected chi connectivity index (χ4v) is 2.25. The van der Waals surface area contributed by atoms with Gasteiger partial charge in [0.15, 0.2) is 5.82 Å². The van der Waals surface area contributed by atoms with Crippen molar-refractivity contribution in [1.82, 2.24) is 10.2 Å². The van der Waals surface area contributed by atoms with Gasteiger partial charge in [-0.1, -0.05) is 41.9 Å². The monoisotopic (exact) mass is 313 g/mol. The minimum atomic E-state index is -1.05. The maximum Gasteiger partial charge on any atom is 0.341 e. The van der Waals surface area contributed by atoms with E-state index in [9.17, 15) is 9.90 Å². The van der Waals surface area contributed by atoms with Gasteiger partial charge in [-0.25, -0.2) is 4.79 Å². The molecule has 0 saturated heterocycles. The molecule has 0 fully saturated rings. The quantitative estimate of drug-likeness (QED) is 0.675. The summed E-state index contributed by atoms with van der Waals surface area (Å²) in [5.74, 6) is -0.794. The van der Waals surface area contributed by atoms with Crippen LogP contribution >= 0.6 is 11.6 Å². The number of halogens is 1. The van der Waals surface area contributed by atoms with Crippen LogP contribution in [0.3, 0.4) is 0 Å². The Labute approximate surface area is 131 Å². The summed E-state index contributed by atoms with van der Waals surface area (Å²) in [6, 6.07) is 16.1. The normalized spacial score (nSPS) is 10.4. The van der Waals surface area contributed by atoms with E-state index in [1.54, 1.807) is 24.3 Å². The van der Waals surface area contributed by atoms with Crippen molar-refractivity contribution in [3.63, 3.8) is 0 Å². The molecule has 22 heavy (non-hydrogen) atoms. The molecule has 0 unspecified atom stereocenters. The van der Waals surface area contributed by atoms with Gasteiger partial charge in [-0.2, -0.15) is 5.10 Å². The largest absolute Gasteiger partial charge is 0.477 e. The van der Waals surface area contributed by atoms with Crippen LogP contribution in [0.1, 0.15) is 10.4 Å². The second kappa shape index (κ2) is 5.91. The van der Waals surface area contributed by atoms with Crippen molar-refractivity contribution in [2.45, 2.75) is 0 Å². The summed E-state index contributed by atoms with van der Waals surface area (Å²) in [5.41, 5.74) is 2.03. The number of nitrogens with zero attached hydrogens (tertiary/aromatic N) is 1. The van der Waals surface area contributed by atoms with E-state index in [1.165, 1.54) is 0 Å². The summed E-state index contributed by atoms with van der Waals surface area (Å²) in [6.07, 6.45) is 0. The van der Waals surface area contributed by atoms with Crippen molar-refractivity contribution in [2.24, 2.45) is 0 Å². The first-order chi connectivity index (χ1) is 10.6. The third kappa shape index (κ3) is 2.80. The lowest BCUT2D eigenvalue weighted by molar-refractivity contribution is 0.0699. The standard InChI is InChI=1S/C16H12ClN3O2/c17-11-6-8-12(9-7-11)18-15-13(16(21)22)14(19-20-15)10-4-2-1-3-5-10/h1-9H,(H,21,22)(H2,18,19,20). The number of rotatable bonds is 4. The molecule has 0 amide bonds. The van der Waals surface area contributed by atoms with Gasteiger partial charge in [-0.05, 0) is 24.3 Å². The Morgan fingerprint density at radius 2 is 1.77 bits per heavy atom. The van der Waals surface area contributed by atoms with Gasteiger partial charge >= 0.3 is 5.97 Å². The topological polar surface area (TPSA) is 78.0 Å². The highest BCUT2D eigenvalue weighted by atomic mass is 35.5. The highest BCUT2D eigenvalue weighted by Crippen LogP contribution is 2.28. The zero-order valence-electron chi connectivity index (χ0n) is 11.4. The molecule has 0 radical (unpaired) electrons. The molecule has 3 aromatic rings. The maximum atomic E-state index is 11.6. The van der Waals surface area contributed by atoms with Crippen LogP contribution in [-0.4, -0.2) is 21.3 Å². The predicted molar refractivity (Wildman–Crippen MR) is 85.7 cm³/mol. The lowest BCUT2D eigenvalue weighted by atomic mass is 10.1. The van der Waals surface area contributed by atoms with E-state index >= 15 is 0 Å². The van der Waals surface area contributed by atoms with Crippen LogP contribution in [0.5, 0.6) is 0 Å². The van der Waals surface area contributed by atoms with E-state index in [-0.39, 0.29) is 11.4 Å². The third-order valence-electron chi connectivity index (χ3n) is 3.15. The number of carbonyl (C=O) groups is 1. The first-order valence-electron chi connectivity index (χ1n) is 6.55. The lowest BCUT2D eigenvalue weighted by Crippen LogP contribution is -2.02. The van der Waals surface area contributed by atoms with Crippen molar-refractivity contribution in [3.8, 4) is 11.3 Å². The number of hydrogen-bond donors (Lipinski definition) is 3. The molecule has 110 valence electrons. The van der Waals surface area contributed by atoms with E-state index < -0.39 is 5.97 Å². The van der Waals surface area contributed by atoms with Crippen LogP contribution in [0.4, 0.5) is 11.5 Å². The summed E-state index contributed by atoms with van der Waals surface area (Å²) in [7, 11) is 0. The fraction of sp³-hybridized carbons (Fsp3) is 0. The van der Waals surface area contributed by atoms with Crippen LogP contribution in [0.15, 0.2) is 54.6 Å². The highest BCUT2D eigenvalue weighted by molar-refractivity contribution is 6.30. The van der Waals surface area contributed by atoms with Crippen molar-refractivity contribution in [1.29, 1.82) is 0 Å². The molecule has 2 aromatic carbocycles. The zero-order valence-corrected chi connectivity index (χ0v) is 12.1. The summed E-state index contributed by atoms with van der Waals surface area (Å²) in [6.45, 7) is 0. The van der Waals surface area contributed by atoms with Gasteiger partial charge in [0.1, 0.15) is 5.56 Å². The number of hydrogen-bond acceptors (Lipinski definition) is 3. The van der Waals surface area contributed by atoms with Gasteiger partial charge in [-0.15, -0.1) is 0 Å². The van der Waals surface area contributed by atoms with Crippen molar-refractivity contribution in [2.75, 3.05) is 5.32 Å². The van der Waals surface area contributed by atoms with Crippen LogP contribution in [-0.2, 0) is 0 Å². The van der Waals surface area contributed by atoms with E-state index in [0.29, 0.717) is 16.4 Å². The van der Waals surface area contributed by atoms with Crippen molar-refractivity contribution >= 4 is 29.1 Å². The second-order valence-electron chi connectivity index (χ2n) is 4.63. The molecule has 0 saturated carbocycles. The zero-order chi connectivity index (χ0) is 15.5. The molecular formula is C16H12ClN3O2. The second-order valence-corrected chi connectivity index (χ2v) is 5.06. The Hall–Kier alpha value is -2.79. The number of nitrogens with one attached hydrogen (secondary N) is 2. The fourth-order valence-electron chi connectivity index (χ4n) is 2.12. The number of benzene rings is 2. The highest BCUT2D eigenvalue weighted by Gasteiger charge is 2.21. The smallest absolute Gasteiger partial charge is 0.341 e. The van der Waals surface area contributed by atoms with Crippen LogP contribution in [0.2, 0.25) is 5.02 Å². The minimum Gasteiger partial charge on any atom is -0.477 e. The van der Waals surface area contributed by atoms with Gasteiger partial charge in [-0.3, -0.25) is 5.10 Å². The van der Waals surface area contributed by atoms with E-state index in [2.05, 4.69) is 15.5 Å². The molecular weight excluding hydrogens is 302 g/mol. The van der Waals surface area contributed by atoms with Gasteiger partial charge < -0.3 is 10.4 Å². The summed E-state index contributed by atoms with van der Waals surface area (Å²) < 4.78 is 0. The van der Waals surface area contributed by atoms with Gasteiger partial charge in [0.2, 0.25) is 0 Å². The number of H-pyrrole nitrogens is 1. The first-order valence-corrected chi connectivity index (χ1v) is 6.92. The lowest BCUT2D eigenvalue weighted by Gasteiger charge is -2.05. The maximum absolute atomic E-state index is 11.6. The summed E-state index contributed by atoms with van der Waals surface area (Å²) in [5, 5.41) is 20.0.